The molecule has 0 N–H and O–H groups in total. The van der Waals surface area contributed by atoms with E-state index < -0.39 is 0 Å². The van der Waals surface area contributed by atoms with E-state index in [1.165, 1.54) is 0 Å². The van der Waals surface area contributed by atoms with E-state index in [0.29, 0.717) is 36.5 Å². The van der Waals surface area contributed by atoms with E-state index in [1.54, 1.807) is 43.4 Å². The summed E-state index contributed by atoms with van der Waals surface area (Å²) in [6.45, 7) is 9.19. The Balaban J connectivity index is 2.10. The van der Waals surface area contributed by atoms with Crippen molar-refractivity contribution < 1.29 is 14.3 Å². The molecule has 0 bridgehead atoms. The molecule has 0 unspecified atom stereocenters. The third kappa shape index (κ3) is 8.88. The number of allylic oxidation sites excluding steroid dienone is 6. The molecule has 0 saturated carbocycles. The molecule has 1 aliphatic rings. The third-order valence-electron chi connectivity index (χ3n) is 5.33. The van der Waals surface area contributed by atoms with Crippen molar-refractivity contribution in [2.45, 2.75) is 39.2 Å². The summed E-state index contributed by atoms with van der Waals surface area (Å²) >= 11 is 0. The zero-order chi connectivity index (χ0) is 25.6. The minimum atomic E-state index is -0.0347. The van der Waals surface area contributed by atoms with Gasteiger partial charge in [0.1, 0.15) is 17.9 Å². The van der Waals surface area contributed by atoms with Crippen LogP contribution in [-0.2, 0) is 9.53 Å². The molecule has 184 valence electrons. The van der Waals surface area contributed by atoms with Gasteiger partial charge in [0.2, 0.25) is 0 Å². The first kappa shape index (κ1) is 27.6. The van der Waals surface area contributed by atoms with Crippen molar-refractivity contribution in [3.63, 3.8) is 0 Å². The Morgan fingerprint density at radius 2 is 2.03 bits per heavy atom. The number of likely N-dealkylation sites (N-methyl/N-ethyl adjacent to an activating group) is 1. The molecule has 1 heterocycles. The number of hydrogen-bond donors (Lipinski definition) is 0. The molecular formula is C29H35N3O3. The Bertz CT molecular complexity index is 1080. The van der Waals surface area contributed by atoms with Crippen LogP contribution < -0.4 is 4.74 Å². The second-order valence-corrected chi connectivity index (χ2v) is 8.26. The van der Waals surface area contributed by atoms with Crippen molar-refractivity contribution >= 4 is 17.8 Å². The number of rotatable bonds is 10. The van der Waals surface area contributed by atoms with Crippen LogP contribution in [0.2, 0.25) is 0 Å². The topological polar surface area (TPSA) is 74.9 Å². The lowest BCUT2D eigenvalue weighted by molar-refractivity contribution is -0.124. The fraction of sp³-hybridized carbons (Fsp3) is 0.345. The fourth-order valence-corrected chi connectivity index (χ4v) is 3.45. The van der Waals surface area contributed by atoms with Crippen molar-refractivity contribution in [3.05, 3.63) is 83.5 Å². The second kappa shape index (κ2) is 14.5. The monoisotopic (exact) mass is 473 g/mol. The zero-order valence-electron chi connectivity index (χ0n) is 21.2. The molecule has 0 spiro atoms. The molecule has 1 fully saturated rings. The molecule has 1 amide bonds. The van der Waals surface area contributed by atoms with Gasteiger partial charge in [-0.1, -0.05) is 30.9 Å². The van der Waals surface area contributed by atoms with Crippen molar-refractivity contribution in [3.8, 4) is 11.8 Å². The average Bonchev–Trinajstić information content (AvgIpc) is 2.86. The number of nitrogens with zero attached hydrogens (tertiary/aromatic N) is 3. The summed E-state index contributed by atoms with van der Waals surface area (Å²) in [6.07, 6.45) is 15.3. The molecule has 0 radical (unpaired) electrons. The van der Waals surface area contributed by atoms with E-state index in [0.717, 1.165) is 29.7 Å². The molecule has 6 nitrogen and oxygen atoms in total. The Morgan fingerprint density at radius 1 is 1.29 bits per heavy atom. The molecule has 1 aliphatic heterocycles. The van der Waals surface area contributed by atoms with E-state index in [4.69, 9.17) is 9.47 Å². The van der Waals surface area contributed by atoms with Crippen LogP contribution in [0.1, 0.15) is 44.2 Å². The van der Waals surface area contributed by atoms with Gasteiger partial charge in [0.25, 0.3) is 5.91 Å². The van der Waals surface area contributed by atoms with Crippen LogP contribution >= 0.6 is 0 Å². The minimum Gasteiger partial charge on any atom is -0.489 e. The van der Waals surface area contributed by atoms with Gasteiger partial charge in [-0.3, -0.25) is 9.79 Å². The number of hydrogen-bond acceptors (Lipinski definition) is 5. The van der Waals surface area contributed by atoms with Crippen LogP contribution in [0.4, 0.5) is 0 Å². The van der Waals surface area contributed by atoms with Gasteiger partial charge in [0, 0.05) is 44.3 Å². The van der Waals surface area contributed by atoms with E-state index in [1.807, 2.05) is 50.3 Å². The summed E-state index contributed by atoms with van der Waals surface area (Å²) in [4.78, 5) is 18.1. The molecule has 6 heteroatoms. The van der Waals surface area contributed by atoms with Crippen LogP contribution in [0.3, 0.4) is 0 Å². The lowest BCUT2D eigenvalue weighted by Crippen LogP contribution is -2.26. The Hall–Kier alpha value is -3.69. The van der Waals surface area contributed by atoms with Gasteiger partial charge < -0.3 is 14.4 Å². The number of carbonyl (C=O) groups is 1. The number of nitriles is 1. The first-order valence-corrected chi connectivity index (χ1v) is 11.8. The fourth-order valence-electron chi connectivity index (χ4n) is 3.45. The molecule has 1 aromatic carbocycles. The molecule has 0 aliphatic carbocycles. The number of ether oxygens (including phenoxy) is 2. The van der Waals surface area contributed by atoms with Crippen molar-refractivity contribution in [1.29, 1.82) is 5.26 Å². The Morgan fingerprint density at radius 3 is 2.66 bits per heavy atom. The first-order chi connectivity index (χ1) is 16.9. The lowest BCUT2D eigenvalue weighted by Gasteiger charge is -2.23. The normalized spacial score (nSPS) is 15.6. The van der Waals surface area contributed by atoms with Gasteiger partial charge in [-0.2, -0.15) is 5.26 Å². The van der Waals surface area contributed by atoms with E-state index in [-0.39, 0.29) is 12.0 Å². The maximum absolute atomic E-state index is 12.0. The summed E-state index contributed by atoms with van der Waals surface area (Å²) in [6, 6.07) is 7.80. The van der Waals surface area contributed by atoms with Gasteiger partial charge in [-0.05, 0) is 56.2 Å². The summed E-state index contributed by atoms with van der Waals surface area (Å²) in [7, 11) is 3.46. The summed E-state index contributed by atoms with van der Waals surface area (Å²) in [5.41, 5.74) is 3.53. The van der Waals surface area contributed by atoms with Crippen LogP contribution in [0.15, 0.2) is 77.4 Å². The molecule has 0 aromatic heterocycles. The predicted molar refractivity (Wildman–Crippen MR) is 142 cm³/mol. The van der Waals surface area contributed by atoms with Gasteiger partial charge in [-0.25, -0.2) is 0 Å². The van der Waals surface area contributed by atoms with Gasteiger partial charge >= 0.3 is 0 Å². The molecule has 1 aromatic rings. The van der Waals surface area contributed by atoms with Gasteiger partial charge in [0.15, 0.2) is 0 Å². The van der Waals surface area contributed by atoms with E-state index in [2.05, 4.69) is 17.6 Å². The van der Waals surface area contributed by atoms with Crippen LogP contribution in [0, 0.1) is 11.3 Å². The van der Waals surface area contributed by atoms with Crippen molar-refractivity contribution in [2.75, 3.05) is 27.3 Å². The summed E-state index contributed by atoms with van der Waals surface area (Å²) in [5, 5.41) is 9.68. The minimum absolute atomic E-state index is 0.0347. The largest absolute Gasteiger partial charge is 0.489 e. The number of amides is 1. The standard InChI is InChI=1S/C29H35N3O3/c1-6-23(29(33)32(4)5)12-10-8-9-11-22(3)19-27(31-7-2)24-13-14-28(25(20-24)21-30)35-26-15-17-34-18-16-26/h6-10,12-14,19-20,26H,3,11,15-18H2,1-2,4-5H3/b9-8+,12-10-,23-6+,27-19-,31-7-. The molecule has 1 saturated heterocycles. The molecule has 0 atom stereocenters. The quantitative estimate of drug-likeness (QED) is 0.250. The van der Waals surface area contributed by atoms with Crippen LogP contribution in [0.25, 0.3) is 5.70 Å². The Labute approximate surface area is 209 Å². The highest BCUT2D eigenvalue weighted by Gasteiger charge is 2.17. The Kier molecular flexibility index (Phi) is 11.5. The highest BCUT2D eigenvalue weighted by Crippen LogP contribution is 2.27. The van der Waals surface area contributed by atoms with Crippen LogP contribution in [-0.4, -0.2) is 50.4 Å². The number of carbonyl (C=O) groups excluding carboxylic acids is 1. The highest BCUT2D eigenvalue weighted by atomic mass is 16.5. The molecule has 35 heavy (non-hydrogen) atoms. The summed E-state index contributed by atoms with van der Waals surface area (Å²) < 4.78 is 11.4. The maximum atomic E-state index is 12.0. The number of aliphatic imine (C=N–C) groups is 1. The molecular weight excluding hydrogens is 438 g/mol. The average molecular weight is 474 g/mol. The summed E-state index contributed by atoms with van der Waals surface area (Å²) in [5.74, 6) is 0.553. The number of benzene rings is 1. The lowest BCUT2D eigenvalue weighted by atomic mass is 10.0. The van der Waals surface area contributed by atoms with Crippen molar-refractivity contribution in [1.82, 2.24) is 4.90 Å². The third-order valence-corrected chi connectivity index (χ3v) is 5.33. The maximum Gasteiger partial charge on any atom is 0.252 e. The van der Waals surface area contributed by atoms with Gasteiger partial charge in [-0.15, -0.1) is 0 Å². The van der Waals surface area contributed by atoms with Crippen molar-refractivity contribution in [2.24, 2.45) is 4.99 Å². The zero-order valence-corrected chi connectivity index (χ0v) is 21.2. The second-order valence-electron chi connectivity index (χ2n) is 8.26. The predicted octanol–water partition coefficient (Wildman–Crippen LogP) is 5.64. The first-order valence-electron chi connectivity index (χ1n) is 11.8. The smallest absolute Gasteiger partial charge is 0.252 e. The SMILES string of the molecule is C=C(/C=C(\N=C/C)c1ccc(OC2CCOCC2)c(C#N)c1)C/C=C/C=C\C(=C/C)C(=O)N(C)C. The highest BCUT2D eigenvalue weighted by molar-refractivity contribution is 5.95. The molecule has 2 rings (SSSR count). The van der Waals surface area contributed by atoms with Crippen LogP contribution in [0.5, 0.6) is 5.75 Å². The van der Waals surface area contributed by atoms with Gasteiger partial charge in [0.05, 0.1) is 24.5 Å². The van der Waals surface area contributed by atoms with E-state index in [9.17, 15) is 10.1 Å². The van der Waals surface area contributed by atoms with E-state index >= 15 is 0 Å².